The van der Waals surface area contributed by atoms with E-state index >= 15 is 0 Å². The fourth-order valence-corrected chi connectivity index (χ4v) is 2.51. The Morgan fingerprint density at radius 3 is 2.09 bits per heavy atom. The number of anilines is 2. The molecule has 22 heavy (non-hydrogen) atoms. The van der Waals surface area contributed by atoms with Gasteiger partial charge in [-0.15, -0.1) is 0 Å². The van der Waals surface area contributed by atoms with Crippen molar-refractivity contribution in [3.8, 4) is 0 Å². The van der Waals surface area contributed by atoms with Gasteiger partial charge in [0.1, 0.15) is 5.82 Å². The summed E-state index contributed by atoms with van der Waals surface area (Å²) in [6.07, 6.45) is 0. The van der Waals surface area contributed by atoms with Crippen LogP contribution in [0.5, 0.6) is 0 Å². The first kappa shape index (κ1) is 16.3. The van der Waals surface area contributed by atoms with Crippen LogP contribution < -0.4 is 9.80 Å². The van der Waals surface area contributed by atoms with Crippen molar-refractivity contribution in [3.05, 3.63) is 47.7 Å². The Morgan fingerprint density at radius 2 is 1.50 bits per heavy atom. The van der Waals surface area contributed by atoms with E-state index in [4.69, 9.17) is 4.98 Å². The molecule has 0 aliphatic heterocycles. The van der Waals surface area contributed by atoms with Crippen LogP contribution >= 0.6 is 0 Å². The average Bonchev–Trinajstić information content (AvgIpc) is 2.54. The molecule has 1 heterocycles. The minimum atomic E-state index is 0.825. The van der Waals surface area contributed by atoms with Gasteiger partial charge < -0.3 is 9.80 Å². The van der Waals surface area contributed by atoms with E-state index in [0.29, 0.717) is 0 Å². The second-order valence-corrected chi connectivity index (χ2v) is 5.34. The van der Waals surface area contributed by atoms with Gasteiger partial charge in [0.15, 0.2) is 0 Å². The van der Waals surface area contributed by atoms with E-state index in [0.717, 1.165) is 43.6 Å². The number of benzene rings is 1. The van der Waals surface area contributed by atoms with E-state index in [1.807, 2.05) is 13.0 Å². The molecule has 0 unspecified atom stereocenters. The summed E-state index contributed by atoms with van der Waals surface area (Å²) in [5, 5.41) is 0. The molecule has 1 aromatic carbocycles. The molecule has 2 rings (SSSR count). The third-order valence-electron chi connectivity index (χ3n) is 3.80. The monoisotopic (exact) mass is 298 g/mol. The van der Waals surface area contributed by atoms with Crippen LogP contribution in [0.25, 0.3) is 0 Å². The lowest BCUT2D eigenvalue weighted by Crippen LogP contribution is -2.27. The van der Waals surface area contributed by atoms with Gasteiger partial charge in [-0.1, -0.05) is 30.3 Å². The maximum Gasteiger partial charge on any atom is 0.227 e. The highest BCUT2D eigenvalue weighted by atomic mass is 15.3. The van der Waals surface area contributed by atoms with Crippen molar-refractivity contribution in [3.63, 3.8) is 0 Å². The van der Waals surface area contributed by atoms with E-state index in [1.165, 1.54) is 5.56 Å². The molecule has 0 aliphatic rings. The molecule has 0 amide bonds. The molecule has 0 bridgehead atoms. The summed E-state index contributed by atoms with van der Waals surface area (Å²) >= 11 is 0. The summed E-state index contributed by atoms with van der Waals surface area (Å²) in [6, 6.07) is 12.6. The molecule has 0 saturated carbocycles. The average molecular weight is 298 g/mol. The fourth-order valence-electron chi connectivity index (χ4n) is 2.51. The van der Waals surface area contributed by atoms with E-state index in [-0.39, 0.29) is 0 Å². The van der Waals surface area contributed by atoms with Crippen molar-refractivity contribution < 1.29 is 0 Å². The van der Waals surface area contributed by atoms with Gasteiger partial charge in [0, 0.05) is 37.9 Å². The molecule has 4 nitrogen and oxygen atoms in total. The highest BCUT2D eigenvalue weighted by molar-refractivity contribution is 5.46. The van der Waals surface area contributed by atoms with Crippen LogP contribution in [0.2, 0.25) is 0 Å². The van der Waals surface area contributed by atoms with E-state index < -0.39 is 0 Å². The van der Waals surface area contributed by atoms with Crippen LogP contribution in [0.4, 0.5) is 11.8 Å². The summed E-state index contributed by atoms with van der Waals surface area (Å²) in [7, 11) is 0. The standard InChI is InChI=1S/C18H26N4/c1-5-21(6-2)18-19-15(4)13-17(20-18)22(7-3)14-16-11-9-8-10-12-16/h8-13H,5-7,14H2,1-4H3. The molecule has 0 fully saturated rings. The van der Waals surface area contributed by atoms with Gasteiger partial charge in [-0.3, -0.25) is 0 Å². The zero-order valence-corrected chi connectivity index (χ0v) is 14.1. The van der Waals surface area contributed by atoms with Crippen LogP contribution in [0.1, 0.15) is 32.0 Å². The third-order valence-corrected chi connectivity index (χ3v) is 3.80. The zero-order valence-electron chi connectivity index (χ0n) is 14.1. The lowest BCUT2D eigenvalue weighted by atomic mass is 10.2. The first-order valence-corrected chi connectivity index (χ1v) is 8.07. The van der Waals surface area contributed by atoms with Crippen LogP contribution in [0.3, 0.4) is 0 Å². The zero-order chi connectivity index (χ0) is 15.9. The molecule has 0 spiro atoms. The Labute approximate surface area is 133 Å². The fraction of sp³-hybridized carbons (Fsp3) is 0.444. The van der Waals surface area contributed by atoms with Gasteiger partial charge >= 0.3 is 0 Å². The molecule has 4 heteroatoms. The lowest BCUT2D eigenvalue weighted by Gasteiger charge is -2.25. The molecule has 0 aliphatic carbocycles. The van der Waals surface area contributed by atoms with Crippen LogP contribution in [0, 0.1) is 6.92 Å². The van der Waals surface area contributed by atoms with Crippen molar-refractivity contribution in [2.75, 3.05) is 29.4 Å². The van der Waals surface area contributed by atoms with Crippen molar-refractivity contribution >= 4 is 11.8 Å². The smallest absolute Gasteiger partial charge is 0.227 e. The molecular formula is C18H26N4. The van der Waals surface area contributed by atoms with Crippen LogP contribution in [-0.4, -0.2) is 29.6 Å². The Bertz CT molecular complexity index is 579. The first-order valence-electron chi connectivity index (χ1n) is 8.07. The van der Waals surface area contributed by atoms with Crippen LogP contribution in [-0.2, 0) is 6.54 Å². The summed E-state index contributed by atoms with van der Waals surface area (Å²) in [5.74, 6) is 1.83. The maximum absolute atomic E-state index is 4.78. The van der Waals surface area contributed by atoms with Gasteiger partial charge in [0.2, 0.25) is 5.95 Å². The van der Waals surface area contributed by atoms with Crippen molar-refractivity contribution in [1.29, 1.82) is 0 Å². The van der Waals surface area contributed by atoms with E-state index in [2.05, 4.69) is 65.9 Å². The lowest BCUT2D eigenvalue weighted by molar-refractivity contribution is 0.781. The second kappa shape index (κ2) is 7.78. The second-order valence-electron chi connectivity index (χ2n) is 5.34. The Balaban J connectivity index is 2.28. The predicted octanol–water partition coefficient (Wildman–Crippen LogP) is 3.66. The minimum Gasteiger partial charge on any atom is -0.352 e. The summed E-state index contributed by atoms with van der Waals surface area (Å²) in [4.78, 5) is 13.8. The molecule has 2 aromatic rings. The van der Waals surface area contributed by atoms with Crippen molar-refractivity contribution in [2.24, 2.45) is 0 Å². The Hall–Kier alpha value is -2.10. The summed E-state index contributed by atoms with van der Waals surface area (Å²) in [6.45, 7) is 12.1. The molecule has 0 saturated heterocycles. The van der Waals surface area contributed by atoms with Gasteiger partial charge in [-0.05, 0) is 33.3 Å². The van der Waals surface area contributed by atoms with Gasteiger partial charge in [0.05, 0.1) is 0 Å². The largest absolute Gasteiger partial charge is 0.352 e. The topological polar surface area (TPSA) is 32.3 Å². The number of hydrogen-bond acceptors (Lipinski definition) is 4. The number of hydrogen-bond donors (Lipinski definition) is 0. The number of nitrogens with zero attached hydrogens (tertiary/aromatic N) is 4. The number of rotatable bonds is 7. The molecular weight excluding hydrogens is 272 g/mol. The van der Waals surface area contributed by atoms with Gasteiger partial charge in [-0.2, -0.15) is 4.98 Å². The van der Waals surface area contributed by atoms with E-state index in [1.54, 1.807) is 0 Å². The quantitative estimate of drug-likeness (QED) is 0.781. The molecule has 1 aromatic heterocycles. The molecule has 0 radical (unpaired) electrons. The molecule has 118 valence electrons. The van der Waals surface area contributed by atoms with Crippen molar-refractivity contribution in [2.45, 2.75) is 34.2 Å². The predicted molar refractivity (Wildman–Crippen MR) is 93.5 cm³/mol. The highest BCUT2D eigenvalue weighted by Crippen LogP contribution is 2.19. The third kappa shape index (κ3) is 3.97. The first-order chi connectivity index (χ1) is 10.7. The number of aromatic nitrogens is 2. The SMILES string of the molecule is CCN(Cc1ccccc1)c1cc(C)nc(N(CC)CC)n1. The van der Waals surface area contributed by atoms with Crippen LogP contribution in [0.15, 0.2) is 36.4 Å². The van der Waals surface area contributed by atoms with Gasteiger partial charge in [0.25, 0.3) is 0 Å². The normalized spacial score (nSPS) is 10.5. The van der Waals surface area contributed by atoms with Crippen molar-refractivity contribution in [1.82, 2.24) is 9.97 Å². The summed E-state index contributed by atoms with van der Waals surface area (Å²) in [5.41, 5.74) is 2.31. The Kier molecular flexibility index (Phi) is 5.75. The van der Waals surface area contributed by atoms with Gasteiger partial charge in [-0.25, -0.2) is 4.98 Å². The summed E-state index contributed by atoms with van der Waals surface area (Å²) < 4.78 is 0. The highest BCUT2D eigenvalue weighted by Gasteiger charge is 2.12. The molecule has 0 atom stereocenters. The number of aryl methyl sites for hydroxylation is 1. The minimum absolute atomic E-state index is 0.825. The maximum atomic E-state index is 4.78. The van der Waals surface area contributed by atoms with E-state index in [9.17, 15) is 0 Å². The Morgan fingerprint density at radius 1 is 0.864 bits per heavy atom. The molecule has 0 N–H and O–H groups in total.